The number of aliphatic hydroxyl groups is 1. The molecule has 0 aliphatic carbocycles. The minimum atomic E-state index is -0.461. The average Bonchev–Trinajstić information content (AvgIpc) is 2.24. The van der Waals surface area contributed by atoms with Crippen LogP contribution < -0.4 is 10.5 Å². The number of rotatable bonds is 4. The number of halogens is 1. The van der Waals surface area contributed by atoms with E-state index >= 15 is 0 Å². The maximum Gasteiger partial charge on any atom is 0.165 e. The summed E-state index contributed by atoms with van der Waals surface area (Å²) < 4.78 is 5.07. The number of ether oxygens (including phenoxy) is 1. The third-order valence-electron chi connectivity index (χ3n) is 2.51. The zero-order valence-electron chi connectivity index (χ0n) is 9.33. The van der Waals surface area contributed by atoms with Crippen molar-refractivity contribution >= 4 is 11.6 Å². The molecule has 0 aliphatic heterocycles. The van der Waals surface area contributed by atoms with Gasteiger partial charge in [-0.15, -0.1) is 0 Å². The molecule has 4 nitrogen and oxygen atoms in total. The normalized spacial score (nSPS) is 12.6. The van der Waals surface area contributed by atoms with Gasteiger partial charge in [0.05, 0.1) is 7.11 Å². The van der Waals surface area contributed by atoms with Crippen LogP contribution in [0.3, 0.4) is 0 Å². The van der Waals surface area contributed by atoms with E-state index in [1.807, 2.05) is 0 Å². The molecule has 0 heterocycles. The molecule has 1 unspecified atom stereocenters. The first-order valence-electron chi connectivity index (χ1n) is 4.95. The SMILES string of the molecule is COc1c(C)c(Cl)cc(C(N)CCO)c1O. The van der Waals surface area contributed by atoms with E-state index in [-0.39, 0.29) is 12.4 Å². The van der Waals surface area contributed by atoms with Crippen LogP contribution in [0.15, 0.2) is 6.07 Å². The van der Waals surface area contributed by atoms with Crippen LogP contribution in [-0.2, 0) is 0 Å². The van der Waals surface area contributed by atoms with Crippen LogP contribution in [0.25, 0.3) is 0 Å². The summed E-state index contributed by atoms with van der Waals surface area (Å²) in [6.07, 6.45) is 0.357. The lowest BCUT2D eigenvalue weighted by Crippen LogP contribution is -2.12. The summed E-state index contributed by atoms with van der Waals surface area (Å²) in [5.41, 5.74) is 6.97. The average molecular weight is 246 g/mol. The quantitative estimate of drug-likeness (QED) is 0.755. The summed E-state index contributed by atoms with van der Waals surface area (Å²) in [5, 5.41) is 19.2. The van der Waals surface area contributed by atoms with E-state index in [4.69, 9.17) is 27.2 Å². The minimum Gasteiger partial charge on any atom is -0.504 e. The van der Waals surface area contributed by atoms with Gasteiger partial charge >= 0.3 is 0 Å². The molecule has 0 bridgehead atoms. The summed E-state index contributed by atoms with van der Waals surface area (Å²) in [6, 6.07) is 1.15. The van der Waals surface area contributed by atoms with Crippen LogP contribution in [0, 0.1) is 6.92 Å². The Bertz CT molecular complexity index is 382. The maximum absolute atomic E-state index is 9.95. The first-order chi connectivity index (χ1) is 7.52. The molecule has 4 N–H and O–H groups in total. The summed E-state index contributed by atoms with van der Waals surface area (Å²) in [5.74, 6) is 0.321. The molecule has 0 saturated carbocycles. The highest BCUT2D eigenvalue weighted by atomic mass is 35.5. The van der Waals surface area contributed by atoms with Crippen molar-refractivity contribution < 1.29 is 14.9 Å². The fourth-order valence-corrected chi connectivity index (χ4v) is 1.76. The largest absolute Gasteiger partial charge is 0.504 e. The molecule has 0 radical (unpaired) electrons. The van der Waals surface area contributed by atoms with E-state index in [0.29, 0.717) is 28.3 Å². The third kappa shape index (κ3) is 2.40. The van der Waals surface area contributed by atoms with Crippen LogP contribution >= 0.6 is 11.6 Å². The molecule has 16 heavy (non-hydrogen) atoms. The number of hydrogen-bond acceptors (Lipinski definition) is 4. The molecular weight excluding hydrogens is 230 g/mol. The van der Waals surface area contributed by atoms with Gasteiger partial charge in [0.1, 0.15) is 0 Å². The minimum absolute atomic E-state index is 0.00894. The van der Waals surface area contributed by atoms with Crippen molar-refractivity contribution in [2.45, 2.75) is 19.4 Å². The van der Waals surface area contributed by atoms with Crippen molar-refractivity contribution in [3.8, 4) is 11.5 Å². The van der Waals surface area contributed by atoms with Gasteiger partial charge in [0.2, 0.25) is 0 Å². The van der Waals surface area contributed by atoms with Crippen molar-refractivity contribution in [1.29, 1.82) is 0 Å². The van der Waals surface area contributed by atoms with E-state index in [9.17, 15) is 5.11 Å². The lowest BCUT2D eigenvalue weighted by molar-refractivity contribution is 0.275. The molecule has 1 rings (SSSR count). The van der Waals surface area contributed by atoms with Crippen molar-refractivity contribution in [2.24, 2.45) is 5.73 Å². The topological polar surface area (TPSA) is 75.7 Å². The number of aromatic hydroxyl groups is 1. The lowest BCUT2D eigenvalue weighted by atomic mass is 10.0. The fraction of sp³-hybridized carbons (Fsp3) is 0.455. The highest BCUT2D eigenvalue weighted by Gasteiger charge is 2.18. The van der Waals surface area contributed by atoms with Gasteiger partial charge in [-0.05, 0) is 19.4 Å². The smallest absolute Gasteiger partial charge is 0.165 e. The van der Waals surface area contributed by atoms with Gasteiger partial charge in [0.15, 0.2) is 11.5 Å². The fourth-order valence-electron chi connectivity index (χ4n) is 1.56. The summed E-state index contributed by atoms with van der Waals surface area (Å²) in [4.78, 5) is 0. The van der Waals surface area contributed by atoms with Gasteiger partial charge in [-0.3, -0.25) is 0 Å². The number of phenols is 1. The maximum atomic E-state index is 9.95. The Kier molecular flexibility index (Phi) is 4.41. The number of benzene rings is 1. The Morgan fingerprint density at radius 2 is 2.19 bits per heavy atom. The Hall–Kier alpha value is -0.970. The molecule has 0 spiro atoms. The number of methoxy groups -OCH3 is 1. The van der Waals surface area contributed by atoms with Crippen LogP contribution in [0.2, 0.25) is 5.02 Å². The van der Waals surface area contributed by atoms with Gasteiger partial charge in [-0.2, -0.15) is 0 Å². The van der Waals surface area contributed by atoms with Crippen LogP contribution in [-0.4, -0.2) is 23.9 Å². The summed E-state index contributed by atoms with van der Waals surface area (Å²) in [7, 11) is 1.46. The second kappa shape index (κ2) is 5.39. The molecule has 0 aromatic heterocycles. The second-order valence-corrected chi connectivity index (χ2v) is 3.98. The zero-order chi connectivity index (χ0) is 12.3. The summed E-state index contributed by atoms with van der Waals surface area (Å²) in [6.45, 7) is 1.71. The Labute approximate surface area is 99.6 Å². The van der Waals surface area contributed by atoms with Gasteiger partial charge in [-0.1, -0.05) is 11.6 Å². The monoisotopic (exact) mass is 245 g/mol. The Balaban J connectivity index is 3.25. The molecular formula is C11H16ClNO3. The standard InChI is InChI=1S/C11H16ClNO3/c1-6-8(12)5-7(9(13)3-4-14)10(15)11(6)16-2/h5,9,14-15H,3-4,13H2,1-2H3. The Morgan fingerprint density at radius 1 is 1.56 bits per heavy atom. The molecule has 0 aliphatic rings. The predicted octanol–water partition coefficient (Wildman–Crippen LogP) is 1.74. The van der Waals surface area contributed by atoms with E-state index < -0.39 is 6.04 Å². The molecule has 1 aromatic rings. The third-order valence-corrected chi connectivity index (χ3v) is 2.91. The Morgan fingerprint density at radius 3 is 2.69 bits per heavy atom. The molecule has 0 saturated heterocycles. The van der Waals surface area contributed by atoms with Crippen molar-refractivity contribution in [3.05, 3.63) is 22.2 Å². The zero-order valence-corrected chi connectivity index (χ0v) is 10.1. The molecule has 1 aromatic carbocycles. The van der Waals surface area contributed by atoms with Crippen molar-refractivity contribution in [1.82, 2.24) is 0 Å². The molecule has 90 valence electrons. The molecule has 0 fully saturated rings. The van der Waals surface area contributed by atoms with E-state index in [1.165, 1.54) is 7.11 Å². The number of phenolic OH excluding ortho intramolecular Hbond substituents is 1. The van der Waals surface area contributed by atoms with Gasteiger partial charge in [-0.25, -0.2) is 0 Å². The van der Waals surface area contributed by atoms with Gasteiger partial charge in [0.25, 0.3) is 0 Å². The van der Waals surface area contributed by atoms with Crippen LogP contribution in [0.1, 0.15) is 23.6 Å². The van der Waals surface area contributed by atoms with E-state index in [0.717, 1.165) is 0 Å². The second-order valence-electron chi connectivity index (χ2n) is 3.57. The van der Waals surface area contributed by atoms with Crippen molar-refractivity contribution in [2.75, 3.05) is 13.7 Å². The molecule has 1 atom stereocenters. The number of aliphatic hydroxyl groups excluding tert-OH is 1. The van der Waals surface area contributed by atoms with E-state index in [1.54, 1.807) is 13.0 Å². The highest BCUT2D eigenvalue weighted by Crippen LogP contribution is 2.40. The molecule has 0 amide bonds. The lowest BCUT2D eigenvalue weighted by Gasteiger charge is -2.17. The van der Waals surface area contributed by atoms with Gasteiger partial charge in [0, 0.05) is 28.8 Å². The van der Waals surface area contributed by atoms with Crippen molar-refractivity contribution in [3.63, 3.8) is 0 Å². The molecule has 5 heteroatoms. The summed E-state index contributed by atoms with van der Waals surface area (Å²) >= 11 is 6.00. The first-order valence-corrected chi connectivity index (χ1v) is 5.33. The predicted molar refractivity (Wildman–Crippen MR) is 63.0 cm³/mol. The van der Waals surface area contributed by atoms with Gasteiger partial charge < -0.3 is 20.7 Å². The van der Waals surface area contributed by atoms with Crippen LogP contribution in [0.5, 0.6) is 11.5 Å². The highest BCUT2D eigenvalue weighted by molar-refractivity contribution is 6.31. The van der Waals surface area contributed by atoms with E-state index in [2.05, 4.69) is 0 Å². The number of hydrogen-bond donors (Lipinski definition) is 3. The first kappa shape index (κ1) is 13.1. The number of nitrogens with two attached hydrogens (primary N) is 1. The van der Waals surface area contributed by atoms with Crippen LogP contribution in [0.4, 0.5) is 0 Å².